The molecule has 2 nitrogen and oxygen atoms in total. The Morgan fingerprint density at radius 1 is 1.33 bits per heavy atom. The molecule has 1 aromatic rings. The van der Waals surface area contributed by atoms with E-state index >= 15 is 0 Å². The van der Waals surface area contributed by atoms with Crippen LogP contribution in [-0.4, -0.2) is 23.8 Å². The summed E-state index contributed by atoms with van der Waals surface area (Å²) in [6.45, 7) is 2.50. The van der Waals surface area contributed by atoms with E-state index in [4.69, 9.17) is 16.7 Å². The third kappa shape index (κ3) is 3.71. The minimum atomic E-state index is 0.296. The highest BCUT2D eigenvalue weighted by Crippen LogP contribution is 2.37. The molecule has 1 atom stereocenters. The predicted octanol–water partition coefficient (Wildman–Crippen LogP) is 3.34. The van der Waals surface area contributed by atoms with Gasteiger partial charge in [-0.1, -0.05) is 23.7 Å². The molecule has 0 aromatic heterocycles. The van der Waals surface area contributed by atoms with Crippen molar-refractivity contribution in [3.8, 4) is 0 Å². The van der Waals surface area contributed by atoms with Crippen LogP contribution in [0.4, 0.5) is 0 Å². The highest BCUT2D eigenvalue weighted by atomic mass is 35.5. The number of benzene rings is 1. The first kappa shape index (κ1) is 13.9. The quantitative estimate of drug-likeness (QED) is 0.829. The minimum absolute atomic E-state index is 0.296. The molecule has 0 saturated heterocycles. The zero-order valence-corrected chi connectivity index (χ0v) is 11.7. The number of aliphatic hydroxyl groups is 1. The molecule has 1 aliphatic carbocycles. The van der Waals surface area contributed by atoms with Gasteiger partial charge in [-0.25, -0.2) is 0 Å². The van der Waals surface area contributed by atoms with Crippen molar-refractivity contribution in [1.29, 1.82) is 0 Å². The smallest absolute Gasteiger partial charge is 0.0431 e. The van der Waals surface area contributed by atoms with Gasteiger partial charge in [0.25, 0.3) is 0 Å². The Morgan fingerprint density at radius 3 is 2.61 bits per heavy atom. The lowest BCUT2D eigenvalue weighted by atomic mass is 9.75. The van der Waals surface area contributed by atoms with E-state index in [0.717, 1.165) is 17.9 Å². The van der Waals surface area contributed by atoms with Crippen molar-refractivity contribution < 1.29 is 5.11 Å². The van der Waals surface area contributed by atoms with Gasteiger partial charge in [-0.05, 0) is 56.2 Å². The Labute approximate surface area is 114 Å². The summed E-state index contributed by atoms with van der Waals surface area (Å²) in [7, 11) is 0. The van der Waals surface area contributed by atoms with Crippen LogP contribution in [0.15, 0.2) is 24.3 Å². The number of hydrogen-bond donors (Lipinski definition) is 2. The Kier molecular flexibility index (Phi) is 5.04. The van der Waals surface area contributed by atoms with E-state index < -0.39 is 0 Å². The van der Waals surface area contributed by atoms with Gasteiger partial charge in [0.15, 0.2) is 0 Å². The normalized spacial score (nSPS) is 24.6. The molecular weight excluding hydrogens is 246 g/mol. The lowest BCUT2D eigenvalue weighted by Crippen LogP contribution is -2.44. The van der Waals surface area contributed by atoms with Crippen LogP contribution in [0.25, 0.3) is 0 Å². The molecule has 0 bridgehead atoms. The Hall–Kier alpha value is -0.570. The van der Waals surface area contributed by atoms with Crippen molar-refractivity contribution in [2.45, 2.75) is 50.6 Å². The average Bonchev–Trinajstić information content (AvgIpc) is 2.32. The number of aliphatic hydroxyl groups excluding tert-OH is 1. The van der Waals surface area contributed by atoms with Gasteiger partial charge in [0.1, 0.15) is 0 Å². The first-order valence-electron chi connectivity index (χ1n) is 6.81. The number of rotatable bonds is 6. The average molecular weight is 268 g/mol. The van der Waals surface area contributed by atoms with Gasteiger partial charge in [0, 0.05) is 23.7 Å². The van der Waals surface area contributed by atoms with Crippen molar-refractivity contribution >= 4 is 11.6 Å². The Morgan fingerprint density at radius 2 is 2.00 bits per heavy atom. The fourth-order valence-electron chi connectivity index (χ4n) is 2.64. The summed E-state index contributed by atoms with van der Waals surface area (Å²) in [6, 6.07) is 9.37. The molecule has 0 radical (unpaired) electrons. The van der Waals surface area contributed by atoms with E-state index in [9.17, 15) is 0 Å². The second-order valence-corrected chi connectivity index (χ2v) is 5.79. The van der Waals surface area contributed by atoms with Gasteiger partial charge in [-0.15, -0.1) is 0 Å². The standard InChI is InChI=1S/C15H22ClNO/c1-11(3-2-8-18)17-15-9-13(10-15)12-4-6-14(16)7-5-12/h4-7,11,13,15,17-18H,2-3,8-10H2,1H3. The molecule has 100 valence electrons. The highest BCUT2D eigenvalue weighted by molar-refractivity contribution is 6.30. The Bertz CT molecular complexity index is 359. The summed E-state index contributed by atoms with van der Waals surface area (Å²) in [4.78, 5) is 0. The van der Waals surface area contributed by atoms with Crippen LogP contribution in [-0.2, 0) is 0 Å². The van der Waals surface area contributed by atoms with Crippen molar-refractivity contribution in [3.05, 3.63) is 34.9 Å². The van der Waals surface area contributed by atoms with Crippen LogP contribution in [0.3, 0.4) is 0 Å². The first-order chi connectivity index (χ1) is 8.69. The van der Waals surface area contributed by atoms with Gasteiger partial charge in [-0.3, -0.25) is 0 Å². The van der Waals surface area contributed by atoms with Gasteiger partial charge in [-0.2, -0.15) is 0 Å². The first-order valence-corrected chi connectivity index (χ1v) is 7.19. The van der Waals surface area contributed by atoms with Gasteiger partial charge in [0.2, 0.25) is 0 Å². The summed E-state index contributed by atoms with van der Waals surface area (Å²) in [5.41, 5.74) is 1.40. The lowest BCUT2D eigenvalue weighted by Gasteiger charge is -2.38. The lowest BCUT2D eigenvalue weighted by molar-refractivity contribution is 0.244. The molecule has 3 heteroatoms. The summed E-state index contributed by atoms with van der Waals surface area (Å²) in [5, 5.41) is 13.2. The number of hydrogen-bond acceptors (Lipinski definition) is 2. The van der Waals surface area contributed by atoms with Crippen molar-refractivity contribution in [2.75, 3.05) is 6.61 Å². The molecule has 1 aliphatic rings. The molecule has 2 N–H and O–H groups in total. The van der Waals surface area contributed by atoms with E-state index in [1.807, 2.05) is 12.1 Å². The number of halogens is 1. The molecule has 2 rings (SSSR count). The van der Waals surface area contributed by atoms with E-state index in [0.29, 0.717) is 24.6 Å². The maximum atomic E-state index is 8.80. The maximum Gasteiger partial charge on any atom is 0.0431 e. The zero-order chi connectivity index (χ0) is 13.0. The molecule has 1 aromatic carbocycles. The monoisotopic (exact) mass is 267 g/mol. The summed E-state index contributed by atoms with van der Waals surface area (Å²) in [6.07, 6.45) is 4.37. The molecule has 1 unspecified atom stereocenters. The second kappa shape index (κ2) is 6.55. The molecule has 1 saturated carbocycles. The van der Waals surface area contributed by atoms with Gasteiger partial charge in [0.05, 0.1) is 0 Å². The largest absolute Gasteiger partial charge is 0.396 e. The van der Waals surface area contributed by atoms with Crippen molar-refractivity contribution in [2.24, 2.45) is 0 Å². The maximum absolute atomic E-state index is 8.80. The third-order valence-electron chi connectivity index (χ3n) is 3.79. The predicted molar refractivity (Wildman–Crippen MR) is 76.1 cm³/mol. The summed E-state index contributed by atoms with van der Waals surface area (Å²) >= 11 is 5.89. The van der Waals surface area contributed by atoms with Gasteiger partial charge < -0.3 is 10.4 Å². The minimum Gasteiger partial charge on any atom is -0.396 e. The van der Waals surface area contributed by atoms with Crippen LogP contribution in [0.2, 0.25) is 5.02 Å². The fraction of sp³-hybridized carbons (Fsp3) is 0.600. The fourth-order valence-corrected chi connectivity index (χ4v) is 2.77. The van der Waals surface area contributed by atoms with Crippen molar-refractivity contribution in [3.63, 3.8) is 0 Å². The van der Waals surface area contributed by atoms with E-state index in [1.165, 1.54) is 18.4 Å². The number of nitrogens with one attached hydrogen (secondary N) is 1. The SMILES string of the molecule is CC(CCCO)NC1CC(c2ccc(Cl)cc2)C1. The molecule has 0 amide bonds. The van der Waals surface area contributed by atoms with Crippen LogP contribution >= 0.6 is 11.6 Å². The molecular formula is C15H22ClNO. The molecule has 18 heavy (non-hydrogen) atoms. The molecule has 0 aliphatic heterocycles. The zero-order valence-electron chi connectivity index (χ0n) is 10.9. The summed E-state index contributed by atoms with van der Waals surface area (Å²) in [5.74, 6) is 0.685. The van der Waals surface area contributed by atoms with Gasteiger partial charge >= 0.3 is 0 Å². The van der Waals surface area contributed by atoms with E-state index in [2.05, 4.69) is 24.4 Å². The highest BCUT2D eigenvalue weighted by Gasteiger charge is 2.30. The van der Waals surface area contributed by atoms with Crippen LogP contribution in [0.1, 0.15) is 44.1 Å². The van der Waals surface area contributed by atoms with E-state index in [-0.39, 0.29) is 0 Å². The summed E-state index contributed by atoms with van der Waals surface area (Å²) < 4.78 is 0. The van der Waals surface area contributed by atoms with Crippen molar-refractivity contribution in [1.82, 2.24) is 5.32 Å². The third-order valence-corrected chi connectivity index (χ3v) is 4.05. The molecule has 1 fully saturated rings. The van der Waals surface area contributed by atoms with Crippen LogP contribution in [0.5, 0.6) is 0 Å². The second-order valence-electron chi connectivity index (χ2n) is 5.35. The van der Waals surface area contributed by atoms with E-state index in [1.54, 1.807) is 0 Å². The van der Waals surface area contributed by atoms with Crippen LogP contribution in [0, 0.1) is 0 Å². The van der Waals surface area contributed by atoms with Crippen LogP contribution < -0.4 is 5.32 Å². The topological polar surface area (TPSA) is 32.3 Å². The molecule has 0 spiro atoms. The Balaban J connectivity index is 1.72. The molecule has 0 heterocycles.